The molecule has 1 fully saturated rings. The molecule has 0 bridgehead atoms. The highest BCUT2D eigenvalue weighted by Gasteiger charge is 2.48. The number of aryl methyl sites for hydroxylation is 1. The molecule has 176 valence electrons. The number of hydrogen-bond donors (Lipinski definition) is 2. The Morgan fingerprint density at radius 3 is 2.56 bits per heavy atom. The second kappa shape index (κ2) is 9.72. The van der Waals surface area contributed by atoms with Crippen molar-refractivity contribution in [3.8, 4) is 0 Å². The first kappa shape index (κ1) is 24.4. The number of aliphatic hydroxyl groups excluding tert-OH is 1. The highest BCUT2D eigenvalue weighted by atomic mass is 32.2. The van der Waals surface area contributed by atoms with E-state index in [0.717, 1.165) is 12.0 Å². The maximum atomic E-state index is 14.6. The Labute approximate surface area is 188 Å². The van der Waals surface area contributed by atoms with Crippen LogP contribution in [0.15, 0.2) is 29.2 Å². The molecule has 1 aliphatic carbocycles. The quantitative estimate of drug-likeness (QED) is 0.560. The summed E-state index contributed by atoms with van der Waals surface area (Å²) in [6.45, 7) is 5.33. The molecule has 0 aliphatic heterocycles. The van der Waals surface area contributed by atoms with Gasteiger partial charge in [0.05, 0.1) is 10.4 Å². The Morgan fingerprint density at radius 2 is 2.00 bits per heavy atom. The van der Waals surface area contributed by atoms with Crippen LogP contribution in [0.25, 0.3) is 0 Å². The normalized spacial score (nSPS) is 15.4. The molecule has 0 radical (unpaired) electrons. The lowest BCUT2D eigenvalue weighted by Crippen LogP contribution is -2.49. The van der Waals surface area contributed by atoms with Crippen LogP contribution in [0.3, 0.4) is 0 Å². The average molecular weight is 467 g/mol. The van der Waals surface area contributed by atoms with E-state index in [1.165, 1.54) is 16.8 Å². The first-order chi connectivity index (χ1) is 15.1. The van der Waals surface area contributed by atoms with Crippen molar-refractivity contribution < 1.29 is 22.7 Å². The standard InChI is InChI=1S/C23H31FN2O5S/c1-4-31-15-26-14-21(25-32(29,30)23(10-11-27)8-5-9-23)19(17(3)22(26)28)13-18-7-6-16(2)12-20(18)24/h6-7,12,14,25,27H,4-5,8-11,13,15H2,1-3H3. The molecule has 1 aliphatic rings. The van der Waals surface area contributed by atoms with Crippen LogP contribution >= 0.6 is 0 Å². The summed E-state index contributed by atoms with van der Waals surface area (Å²) in [6, 6.07) is 4.83. The minimum absolute atomic E-state index is 0.0220. The van der Waals surface area contributed by atoms with Gasteiger partial charge < -0.3 is 9.84 Å². The van der Waals surface area contributed by atoms with Gasteiger partial charge in [0, 0.05) is 31.4 Å². The zero-order chi connectivity index (χ0) is 23.5. The molecule has 1 heterocycles. The third-order valence-electron chi connectivity index (χ3n) is 6.30. The number of hydrogen-bond acceptors (Lipinski definition) is 5. The lowest BCUT2D eigenvalue weighted by molar-refractivity contribution is 0.0853. The predicted molar refractivity (Wildman–Crippen MR) is 122 cm³/mol. The molecule has 1 aromatic carbocycles. The van der Waals surface area contributed by atoms with Gasteiger partial charge in [0.15, 0.2) is 0 Å². The number of aliphatic hydroxyl groups is 1. The van der Waals surface area contributed by atoms with Crippen molar-refractivity contribution in [2.24, 2.45) is 0 Å². The molecule has 3 rings (SSSR count). The predicted octanol–water partition coefficient (Wildman–Crippen LogP) is 3.24. The molecule has 2 aromatic rings. The van der Waals surface area contributed by atoms with Crippen LogP contribution in [-0.2, 0) is 27.9 Å². The maximum absolute atomic E-state index is 14.6. The fraction of sp³-hybridized carbons (Fsp3) is 0.522. The summed E-state index contributed by atoms with van der Waals surface area (Å²) in [4.78, 5) is 12.9. The summed E-state index contributed by atoms with van der Waals surface area (Å²) in [5.41, 5.74) is 1.80. The Morgan fingerprint density at radius 1 is 1.28 bits per heavy atom. The number of sulfonamides is 1. The van der Waals surface area contributed by atoms with Crippen LogP contribution in [-0.4, -0.2) is 36.1 Å². The zero-order valence-electron chi connectivity index (χ0n) is 18.8. The van der Waals surface area contributed by atoms with Gasteiger partial charge in [-0.2, -0.15) is 0 Å². The molecule has 0 saturated heterocycles. The van der Waals surface area contributed by atoms with Gasteiger partial charge in [-0.3, -0.25) is 14.1 Å². The summed E-state index contributed by atoms with van der Waals surface area (Å²) >= 11 is 0. The fourth-order valence-corrected chi connectivity index (χ4v) is 5.98. The van der Waals surface area contributed by atoms with Gasteiger partial charge in [-0.1, -0.05) is 18.6 Å². The zero-order valence-corrected chi connectivity index (χ0v) is 19.6. The lowest BCUT2D eigenvalue weighted by Gasteiger charge is -2.40. The van der Waals surface area contributed by atoms with E-state index in [0.29, 0.717) is 36.1 Å². The van der Waals surface area contributed by atoms with Crippen molar-refractivity contribution in [1.82, 2.24) is 4.57 Å². The van der Waals surface area contributed by atoms with E-state index in [9.17, 15) is 22.7 Å². The number of rotatable bonds is 10. The molecule has 0 atom stereocenters. The number of nitrogens with one attached hydrogen (secondary N) is 1. The number of halogens is 1. The fourth-order valence-electron chi connectivity index (χ4n) is 4.11. The Bertz CT molecular complexity index is 1140. The third-order valence-corrected chi connectivity index (χ3v) is 8.54. The molecule has 32 heavy (non-hydrogen) atoms. The molecule has 0 unspecified atom stereocenters. The highest BCUT2D eigenvalue weighted by Crippen LogP contribution is 2.43. The molecule has 0 spiro atoms. The first-order valence-corrected chi connectivity index (χ1v) is 12.3. The van der Waals surface area contributed by atoms with E-state index in [4.69, 9.17) is 4.74 Å². The third kappa shape index (κ3) is 4.74. The van der Waals surface area contributed by atoms with Gasteiger partial charge >= 0.3 is 0 Å². The summed E-state index contributed by atoms with van der Waals surface area (Å²) in [5, 5.41) is 9.42. The smallest absolute Gasteiger partial charge is 0.255 e. The van der Waals surface area contributed by atoms with E-state index < -0.39 is 20.6 Å². The molecule has 1 aromatic heterocycles. The molecular formula is C23H31FN2O5S. The Balaban J connectivity index is 2.09. The number of aromatic nitrogens is 1. The summed E-state index contributed by atoms with van der Waals surface area (Å²) in [7, 11) is -3.86. The van der Waals surface area contributed by atoms with Crippen molar-refractivity contribution in [1.29, 1.82) is 0 Å². The topological polar surface area (TPSA) is 97.6 Å². The molecule has 7 nitrogen and oxygen atoms in total. The second-order valence-corrected chi connectivity index (χ2v) is 10.5. The number of nitrogens with zero attached hydrogens (tertiary/aromatic N) is 1. The first-order valence-electron chi connectivity index (χ1n) is 10.8. The second-order valence-electron chi connectivity index (χ2n) is 8.43. The SMILES string of the molecule is CCOCn1cc(NS(=O)(=O)C2(CCO)CCC2)c(Cc2ccc(C)cc2F)c(C)c1=O. The molecule has 1 saturated carbocycles. The minimum Gasteiger partial charge on any atom is -0.396 e. The van der Waals surface area contributed by atoms with Crippen molar-refractivity contribution in [3.63, 3.8) is 0 Å². The number of ether oxygens (including phenoxy) is 1. The molecular weight excluding hydrogens is 435 g/mol. The number of anilines is 1. The van der Waals surface area contributed by atoms with Crippen LogP contribution in [0, 0.1) is 19.7 Å². The number of pyridine rings is 1. The summed E-state index contributed by atoms with van der Waals surface area (Å²) < 4.78 is 49.5. The van der Waals surface area contributed by atoms with Crippen molar-refractivity contribution in [2.45, 2.75) is 64.4 Å². The molecule has 0 amide bonds. The minimum atomic E-state index is -3.86. The van der Waals surface area contributed by atoms with Crippen molar-refractivity contribution >= 4 is 15.7 Å². The maximum Gasteiger partial charge on any atom is 0.255 e. The monoisotopic (exact) mass is 466 g/mol. The van der Waals surface area contributed by atoms with Crippen LogP contribution in [0.5, 0.6) is 0 Å². The van der Waals surface area contributed by atoms with Crippen LogP contribution in [0.4, 0.5) is 10.1 Å². The molecule has 2 N–H and O–H groups in total. The number of benzene rings is 1. The van der Waals surface area contributed by atoms with Gasteiger partial charge in [0.25, 0.3) is 5.56 Å². The van der Waals surface area contributed by atoms with Crippen molar-refractivity contribution in [2.75, 3.05) is 17.9 Å². The van der Waals surface area contributed by atoms with Crippen LogP contribution in [0.1, 0.15) is 54.9 Å². The van der Waals surface area contributed by atoms with E-state index in [1.54, 1.807) is 32.9 Å². The Kier molecular flexibility index (Phi) is 7.42. The van der Waals surface area contributed by atoms with Gasteiger partial charge in [0.1, 0.15) is 12.5 Å². The average Bonchev–Trinajstić information content (AvgIpc) is 2.70. The molecule has 9 heteroatoms. The van der Waals surface area contributed by atoms with E-state index >= 15 is 0 Å². The van der Waals surface area contributed by atoms with E-state index in [2.05, 4.69) is 4.72 Å². The summed E-state index contributed by atoms with van der Waals surface area (Å²) in [6.07, 6.45) is 3.32. The Hall–Kier alpha value is -2.23. The van der Waals surface area contributed by atoms with Gasteiger partial charge in [-0.05, 0) is 62.8 Å². The van der Waals surface area contributed by atoms with Crippen LogP contribution < -0.4 is 10.3 Å². The van der Waals surface area contributed by atoms with Gasteiger partial charge in [-0.15, -0.1) is 0 Å². The van der Waals surface area contributed by atoms with E-state index in [1.807, 2.05) is 0 Å². The van der Waals surface area contributed by atoms with Gasteiger partial charge in [-0.25, -0.2) is 12.8 Å². The van der Waals surface area contributed by atoms with Crippen LogP contribution in [0.2, 0.25) is 0 Å². The van der Waals surface area contributed by atoms with E-state index in [-0.39, 0.29) is 37.4 Å². The largest absolute Gasteiger partial charge is 0.396 e. The lowest BCUT2D eigenvalue weighted by atomic mass is 9.82. The van der Waals surface area contributed by atoms with Gasteiger partial charge in [0.2, 0.25) is 10.0 Å². The van der Waals surface area contributed by atoms with Crippen molar-refractivity contribution in [3.05, 3.63) is 62.8 Å². The highest BCUT2D eigenvalue weighted by molar-refractivity contribution is 7.94. The summed E-state index contributed by atoms with van der Waals surface area (Å²) in [5.74, 6) is -0.410.